The number of aliphatic imine (C=N–C) groups is 1. The van der Waals surface area contributed by atoms with Crippen molar-refractivity contribution in [1.29, 1.82) is 0 Å². The van der Waals surface area contributed by atoms with Crippen molar-refractivity contribution in [2.45, 2.75) is 19.1 Å². The summed E-state index contributed by atoms with van der Waals surface area (Å²) in [5, 5.41) is 3.35. The van der Waals surface area contributed by atoms with Crippen molar-refractivity contribution in [3.8, 4) is 23.0 Å². The highest BCUT2D eigenvalue weighted by Crippen LogP contribution is 2.33. The van der Waals surface area contributed by atoms with Crippen LogP contribution in [0.25, 0.3) is 0 Å². The molecule has 6 nitrogen and oxygen atoms in total. The molecule has 32 heavy (non-hydrogen) atoms. The van der Waals surface area contributed by atoms with Gasteiger partial charge in [-0.2, -0.15) is 0 Å². The molecule has 0 saturated heterocycles. The maximum atomic E-state index is 6.48. The Balaban J connectivity index is 1.57. The Morgan fingerprint density at radius 2 is 1.59 bits per heavy atom. The van der Waals surface area contributed by atoms with E-state index >= 15 is 0 Å². The summed E-state index contributed by atoms with van der Waals surface area (Å²) >= 11 is 0. The van der Waals surface area contributed by atoms with Gasteiger partial charge in [0.05, 0.1) is 20.8 Å². The van der Waals surface area contributed by atoms with E-state index in [9.17, 15) is 0 Å². The number of hydrogen-bond acceptors (Lipinski definition) is 6. The third kappa shape index (κ3) is 5.14. The Bertz CT molecular complexity index is 1050. The predicted molar refractivity (Wildman–Crippen MR) is 125 cm³/mol. The van der Waals surface area contributed by atoms with Crippen LogP contribution in [0.4, 0.5) is 0 Å². The van der Waals surface area contributed by atoms with Crippen molar-refractivity contribution in [2.24, 2.45) is 4.99 Å². The number of para-hydroxylation sites is 3. The molecule has 1 aliphatic heterocycles. The Morgan fingerprint density at radius 1 is 0.844 bits per heavy atom. The van der Waals surface area contributed by atoms with Crippen molar-refractivity contribution in [1.82, 2.24) is 5.32 Å². The van der Waals surface area contributed by atoms with Crippen molar-refractivity contribution in [3.05, 3.63) is 83.9 Å². The summed E-state index contributed by atoms with van der Waals surface area (Å²) in [4.78, 5) is 4.62. The maximum absolute atomic E-state index is 6.48. The molecular weight excluding hydrogens is 404 g/mol. The molecule has 166 valence electrons. The van der Waals surface area contributed by atoms with E-state index in [1.807, 2.05) is 72.8 Å². The van der Waals surface area contributed by atoms with Crippen LogP contribution in [0.15, 0.2) is 77.8 Å². The van der Waals surface area contributed by atoms with Crippen molar-refractivity contribution in [2.75, 3.05) is 27.3 Å². The van der Waals surface area contributed by atoms with Gasteiger partial charge in [-0.3, -0.25) is 4.99 Å². The minimum atomic E-state index is -0.319. The number of hydrogen-bond donors (Lipinski definition) is 1. The third-order valence-corrected chi connectivity index (χ3v) is 5.25. The van der Waals surface area contributed by atoms with Crippen molar-refractivity contribution in [3.63, 3.8) is 0 Å². The molecule has 0 aliphatic carbocycles. The first-order valence-corrected chi connectivity index (χ1v) is 10.7. The van der Waals surface area contributed by atoms with Crippen LogP contribution in [0.1, 0.15) is 11.1 Å². The van der Waals surface area contributed by atoms with Gasteiger partial charge in [-0.1, -0.05) is 54.6 Å². The van der Waals surface area contributed by atoms with Gasteiger partial charge >= 0.3 is 0 Å². The number of benzene rings is 3. The second-order valence-corrected chi connectivity index (χ2v) is 7.38. The zero-order valence-electron chi connectivity index (χ0n) is 18.4. The first kappa shape index (κ1) is 21.6. The monoisotopic (exact) mass is 432 g/mol. The number of rotatable bonds is 10. The predicted octanol–water partition coefficient (Wildman–Crippen LogP) is 4.27. The van der Waals surface area contributed by atoms with E-state index in [-0.39, 0.29) is 6.10 Å². The van der Waals surface area contributed by atoms with Crippen LogP contribution in [0.2, 0.25) is 0 Å². The highest BCUT2D eigenvalue weighted by Gasteiger charge is 2.25. The minimum absolute atomic E-state index is 0.319. The first-order valence-electron chi connectivity index (χ1n) is 10.7. The molecule has 1 heterocycles. The van der Waals surface area contributed by atoms with E-state index in [0.717, 1.165) is 30.1 Å². The highest BCUT2D eigenvalue weighted by atomic mass is 16.5. The molecule has 0 bridgehead atoms. The zero-order valence-corrected chi connectivity index (χ0v) is 18.4. The normalized spacial score (nSPS) is 13.6. The number of nitrogens with zero attached hydrogens (tertiary/aromatic N) is 1. The minimum Gasteiger partial charge on any atom is -0.493 e. The lowest BCUT2D eigenvalue weighted by Gasteiger charge is -2.23. The summed E-state index contributed by atoms with van der Waals surface area (Å²) in [6.45, 7) is 2.00. The number of methoxy groups -OCH3 is 2. The third-order valence-electron chi connectivity index (χ3n) is 5.25. The Morgan fingerprint density at radius 3 is 2.31 bits per heavy atom. The van der Waals surface area contributed by atoms with Gasteiger partial charge < -0.3 is 24.3 Å². The summed E-state index contributed by atoms with van der Waals surface area (Å²) in [7, 11) is 3.29. The molecule has 1 atom stereocenters. The van der Waals surface area contributed by atoms with E-state index in [0.29, 0.717) is 36.0 Å². The van der Waals surface area contributed by atoms with E-state index in [2.05, 4.69) is 10.3 Å². The summed E-state index contributed by atoms with van der Waals surface area (Å²) in [5.41, 5.74) is 2.08. The molecule has 0 fully saturated rings. The molecule has 1 N–H and O–H groups in total. The van der Waals surface area contributed by atoms with Gasteiger partial charge in [0, 0.05) is 18.5 Å². The molecule has 1 unspecified atom stereocenters. The summed E-state index contributed by atoms with van der Waals surface area (Å²) in [5.74, 6) is 3.59. The molecule has 0 saturated carbocycles. The lowest BCUT2D eigenvalue weighted by molar-refractivity contribution is 0.232. The molecule has 0 spiro atoms. The molecule has 0 amide bonds. The largest absolute Gasteiger partial charge is 0.493 e. The van der Waals surface area contributed by atoms with Crippen molar-refractivity contribution < 1.29 is 18.9 Å². The summed E-state index contributed by atoms with van der Waals surface area (Å²) in [6.07, 6.45) is 0.249. The van der Waals surface area contributed by atoms with Gasteiger partial charge in [0.1, 0.15) is 12.4 Å². The van der Waals surface area contributed by atoms with Crippen LogP contribution in [-0.2, 0) is 13.0 Å². The molecule has 3 aromatic carbocycles. The van der Waals surface area contributed by atoms with Gasteiger partial charge in [-0.05, 0) is 23.8 Å². The molecule has 4 rings (SSSR count). The van der Waals surface area contributed by atoms with Crippen molar-refractivity contribution >= 4 is 5.84 Å². The van der Waals surface area contributed by atoms with Crippen LogP contribution < -0.4 is 24.3 Å². The lowest BCUT2D eigenvalue weighted by Crippen LogP contribution is -2.37. The summed E-state index contributed by atoms with van der Waals surface area (Å²) in [6, 6.07) is 23.7. The van der Waals surface area contributed by atoms with Crippen LogP contribution in [0.3, 0.4) is 0 Å². The fourth-order valence-corrected chi connectivity index (χ4v) is 3.70. The molecule has 0 radical (unpaired) electrons. The quantitative estimate of drug-likeness (QED) is 0.518. The molecule has 1 aliphatic rings. The van der Waals surface area contributed by atoms with E-state index < -0.39 is 0 Å². The fourth-order valence-electron chi connectivity index (χ4n) is 3.70. The standard InChI is InChI=1S/C26H28N2O4/c1-29-23-14-8-11-20(25(23)30-2)17-24(26-27-15-16-28-26)32-22-13-7-6-12-21(22)31-18-19-9-4-3-5-10-19/h3-14,24H,15-18H2,1-2H3,(H,27,28). The molecular formula is C26H28N2O4. The van der Waals surface area contributed by atoms with E-state index in [1.165, 1.54) is 0 Å². The SMILES string of the molecule is COc1cccc(CC(Oc2ccccc2OCc2ccccc2)C2=NCCN2)c1OC. The van der Waals surface area contributed by atoms with Crippen LogP contribution in [-0.4, -0.2) is 39.2 Å². The number of nitrogens with one attached hydrogen (secondary N) is 1. The molecule has 0 aromatic heterocycles. The summed E-state index contributed by atoms with van der Waals surface area (Å²) < 4.78 is 23.7. The van der Waals surface area contributed by atoms with Gasteiger partial charge in [-0.25, -0.2) is 0 Å². The fraction of sp³-hybridized carbons (Fsp3) is 0.269. The average molecular weight is 433 g/mol. The second-order valence-electron chi connectivity index (χ2n) is 7.38. The first-order chi connectivity index (χ1) is 15.8. The smallest absolute Gasteiger partial charge is 0.164 e. The van der Waals surface area contributed by atoms with Gasteiger partial charge in [0.25, 0.3) is 0 Å². The average Bonchev–Trinajstić information content (AvgIpc) is 3.38. The van der Waals surface area contributed by atoms with Gasteiger partial charge in [0.2, 0.25) is 0 Å². The van der Waals surface area contributed by atoms with Crippen LogP contribution in [0, 0.1) is 0 Å². The lowest BCUT2D eigenvalue weighted by atomic mass is 10.0. The Hall–Kier alpha value is -3.67. The van der Waals surface area contributed by atoms with Crippen LogP contribution >= 0.6 is 0 Å². The maximum Gasteiger partial charge on any atom is 0.164 e. The Kier molecular flexibility index (Phi) is 7.12. The topological polar surface area (TPSA) is 61.3 Å². The highest BCUT2D eigenvalue weighted by molar-refractivity contribution is 5.88. The molecule has 6 heteroatoms. The Labute approximate surface area is 188 Å². The number of ether oxygens (including phenoxy) is 4. The number of amidine groups is 1. The van der Waals surface area contributed by atoms with Crippen LogP contribution in [0.5, 0.6) is 23.0 Å². The second kappa shape index (κ2) is 10.6. The molecule has 3 aromatic rings. The van der Waals surface area contributed by atoms with Gasteiger partial charge in [0.15, 0.2) is 29.1 Å². The van der Waals surface area contributed by atoms with E-state index in [4.69, 9.17) is 18.9 Å². The zero-order chi connectivity index (χ0) is 22.2. The van der Waals surface area contributed by atoms with Gasteiger partial charge in [-0.15, -0.1) is 0 Å². The van der Waals surface area contributed by atoms with E-state index in [1.54, 1.807) is 14.2 Å².